The lowest BCUT2D eigenvalue weighted by Crippen LogP contribution is -2.38. The SMILES string of the molecule is CNC(=O)C1CC(n2cc(CN(C)C(=O)Nc3ccc(C)c(C)c3)nn2)CN1. The maximum Gasteiger partial charge on any atom is 0.321 e. The van der Waals surface area contributed by atoms with Crippen LogP contribution in [0.5, 0.6) is 0 Å². The van der Waals surface area contributed by atoms with Gasteiger partial charge in [0.2, 0.25) is 5.91 Å². The normalized spacial score (nSPS) is 18.7. The molecule has 1 fully saturated rings. The molecular weight excluding hydrogens is 358 g/mol. The van der Waals surface area contributed by atoms with Gasteiger partial charge in [0, 0.05) is 26.3 Å². The van der Waals surface area contributed by atoms with Crippen LogP contribution in [0, 0.1) is 13.8 Å². The number of rotatable bonds is 5. The van der Waals surface area contributed by atoms with Gasteiger partial charge >= 0.3 is 6.03 Å². The van der Waals surface area contributed by atoms with Crippen molar-refractivity contribution in [2.75, 3.05) is 26.0 Å². The zero-order chi connectivity index (χ0) is 20.3. The van der Waals surface area contributed by atoms with Crippen molar-refractivity contribution in [2.45, 2.75) is 38.9 Å². The average molecular weight is 385 g/mol. The minimum atomic E-state index is -0.214. The third-order valence-corrected chi connectivity index (χ3v) is 5.11. The van der Waals surface area contributed by atoms with Crippen LogP contribution in [0.1, 0.15) is 29.3 Å². The molecule has 1 aromatic carbocycles. The molecule has 1 saturated heterocycles. The number of carbonyl (C=O) groups is 2. The minimum Gasteiger partial charge on any atom is -0.358 e. The van der Waals surface area contributed by atoms with Crippen molar-refractivity contribution in [2.24, 2.45) is 0 Å². The maximum atomic E-state index is 12.4. The molecule has 2 heterocycles. The van der Waals surface area contributed by atoms with Crippen molar-refractivity contribution in [1.82, 2.24) is 30.5 Å². The van der Waals surface area contributed by atoms with Gasteiger partial charge in [-0.25, -0.2) is 9.48 Å². The number of urea groups is 1. The van der Waals surface area contributed by atoms with E-state index in [0.29, 0.717) is 25.2 Å². The number of likely N-dealkylation sites (N-methyl/N-ethyl adjacent to an activating group) is 1. The van der Waals surface area contributed by atoms with E-state index in [4.69, 9.17) is 0 Å². The van der Waals surface area contributed by atoms with E-state index in [1.54, 1.807) is 23.7 Å². The third-order valence-electron chi connectivity index (χ3n) is 5.11. The van der Waals surface area contributed by atoms with Gasteiger partial charge in [0.25, 0.3) is 0 Å². The fourth-order valence-corrected chi connectivity index (χ4v) is 3.21. The quantitative estimate of drug-likeness (QED) is 0.718. The molecule has 3 N–H and O–H groups in total. The number of hydrogen-bond acceptors (Lipinski definition) is 5. The number of hydrogen-bond donors (Lipinski definition) is 3. The predicted octanol–water partition coefficient (Wildman–Crippen LogP) is 1.21. The average Bonchev–Trinajstić information content (AvgIpc) is 3.33. The number of nitrogens with zero attached hydrogens (tertiary/aromatic N) is 4. The van der Waals surface area contributed by atoms with Crippen LogP contribution in [0.3, 0.4) is 0 Å². The zero-order valence-corrected chi connectivity index (χ0v) is 16.7. The Labute approximate surface area is 164 Å². The molecule has 0 bridgehead atoms. The number of amides is 3. The molecule has 1 aromatic heterocycles. The van der Waals surface area contributed by atoms with Gasteiger partial charge in [0.15, 0.2) is 0 Å². The Morgan fingerprint density at radius 2 is 2.11 bits per heavy atom. The highest BCUT2D eigenvalue weighted by molar-refractivity contribution is 5.89. The topological polar surface area (TPSA) is 104 Å². The van der Waals surface area contributed by atoms with E-state index in [-0.39, 0.29) is 24.0 Å². The maximum absolute atomic E-state index is 12.4. The first-order valence-electron chi connectivity index (χ1n) is 9.32. The second-order valence-corrected chi connectivity index (χ2v) is 7.24. The number of benzene rings is 1. The summed E-state index contributed by atoms with van der Waals surface area (Å²) in [5.74, 6) is -0.0226. The predicted molar refractivity (Wildman–Crippen MR) is 106 cm³/mol. The first-order chi connectivity index (χ1) is 13.4. The summed E-state index contributed by atoms with van der Waals surface area (Å²) in [6.45, 7) is 5.05. The Bertz CT molecular complexity index is 864. The summed E-state index contributed by atoms with van der Waals surface area (Å²) in [4.78, 5) is 25.7. The van der Waals surface area contributed by atoms with Gasteiger partial charge in [-0.2, -0.15) is 0 Å². The lowest BCUT2D eigenvalue weighted by atomic mass is 10.1. The second kappa shape index (κ2) is 8.39. The zero-order valence-electron chi connectivity index (χ0n) is 16.7. The Hall–Kier alpha value is -2.94. The van der Waals surface area contributed by atoms with Crippen LogP contribution in [0.25, 0.3) is 0 Å². The Balaban J connectivity index is 1.56. The number of aryl methyl sites for hydroxylation is 2. The molecule has 9 heteroatoms. The van der Waals surface area contributed by atoms with Crippen molar-refractivity contribution in [3.8, 4) is 0 Å². The summed E-state index contributed by atoms with van der Waals surface area (Å²) in [6.07, 6.45) is 2.49. The van der Waals surface area contributed by atoms with Gasteiger partial charge < -0.3 is 20.9 Å². The lowest BCUT2D eigenvalue weighted by Gasteiger charge is -2.17. The van der Waals surface area contributed by atoms with E-state index in [0.717, 1.165) is 11.3 Å². The largest absolute Gasteiger partial charge is 0.358 e. The number of carbonyl (C=O) groups excluding carboxylic acids is 2. The smallest absolute Gasteiger partial charge is 0.321 e. The number of anilines is 1. The van der Waals surface area contributed by atoms with Gasteiger partial charge in [-0.1, -0.05) is 11.3 Å². The molecule has 150 valence electrons. The van der Waals surface area contributed by atoms with E-state index in [9.17, 15) is 9.59 Å². The fourth-order valence-electron chi connectivity index (χ4n) is 3.21. The summed E-state index contributed by atoms with van der Waals surface area (Å²) < 4.78 is 1.76. The molecule has 0 saturated carbocycles. The van der Waals surface area contributed by atoms with Crippen LogP contribution in [0.4, 0.5) is 10.5 Å². The number of aromatic nitrogens is 3. The molecule has 1 aliphatic rings. The summed E-state index contributed by atoms with van der Waals surface area (Å²) in [6, 6.07) is 5.47. The van der Waals surface area contributed by atoms with Crippen molar-refractivity contribution >= 4 is 17.6 Å². The second-order valence-electron chi connectivity index (χ2n) is 7.24. The monoisotopic (exact) mass is 385 g/mol. The van der Waals surface area contributed by atoms with Crippen molar-refractivity contribution in [3.63, 3.8) is 0 Å². The van der Waals surface area contributed by atoms with Crippen LogP contribution < -0.4 is 16.0 Å². The van der Waals surface area contributed by atoms with Crippen LogP contribution >= 0.6 is 0 Å². The molecule has 2 unspecified atom stereocenters. The van der Waals surface area contributed by atoms with E-state index < -0.39 is 0 Å². The van der Waals surface area contributed by atoms with Crippen LogP contribution in [-0.2, 0) is 11.3 Å². The van der Waals surface area contributed by atoms with E-state index >= 15 is 0 Å². The molecule has 28 heavy (non-hydrogen) atoms. The van der Waals surface area contributed by atoms with Crippen molar-refractivity contribution in [1.29, 1.82) is 0 Å². The third kappa shape index (κ3) is 4.48. The highest BCUT2D eigenvalue weighted by atomic mass is 16.2. The molecule has 0 radical (unpaired) electrons. The Kier molecular flexibility index (Phi) is 5.93. The fraction of sp³-hybridized carbons (Fsp3) is 0.474. The highest BCUT2D eigenvalue weighted by Crippen LogP contribution is 2.19. The van der Waals surface area contributed by atoms with Gasteiger partial charge in [0.1, 0.15) is 5.69 Å². The molecule has 0 aliphatic carbocycles. The van der Waals surface area contributed by atoms with Gasteiger partial charge in [0.05, 0.1) is 24.8 Å². The Morgan fingerprint density at radius 1 is 1.32 bits per heavy atom. The standard InChI is InChI=1S/C19H27N7O2/c1-12-5-6-14(7-13(12)2)22-19(28)25(4)10-15-11-26(24-23-15)16-8-17(21-9-16)18(27)20-3/h5-7,11,16-17,21H,8-10H2,1-4H3,(H,20,27)(H,22,28). The summed E-state index contributed by atoms with van der Waals surface area (Å²) in [5.41, 5.74) is 3.77. The molecule has 3 amide bonds. The molecule has 9 nitrogen and oxygen atoms in total. The van der Waals surface area contributed by atoms with Gasteiger partial charge in [-0.3, -0.25) is 4.79 Å². The molecule has 1 aliphatic heterocycles. The molecule has 2 atom stereocenters. The molecule has 2 aromatic rings. The number of nitrogens with one attached hydrogen (secondary N) is 3. The van der Waals surface area contributed by atoms with E-state index in [2.05, 4.69) is 26.3 Å². The first-order valence-corrected chi connectivity index (χ1v) is 9.32. The first kappa shape index (κ1) is 19.8. The summed E-state index contributed by atoms with van der Waals surface area (Å²) >= 11 is 0. The summed E-state index contributed by atoms with van der Waals surface area (Å²) in [7, 11) is 3.35. The van der Waals surface area contributed by atoms with Crippen LogP contribution in [-0.4, -0.2) is 58.5 Å². The minimum absolute atomic E-state index is 0.0226. The van der Waals surface area contributed by atoms with E-state index in [1.165, 1.54) is 5.56 Å². The van der Waals surface area contributed by atoms with Gasteiger partial charge in [-0.05, 0) is 43.5 Å². The van der Waals surface area contributed by atoms with E-state index in [1.807, 2.05) is 38.2 Å². The van der Waals surface area contributed by atoms with Crippen molar-refractivity contribution in [3.05, 3.63) is 41.2 Å². The van der Waals surface area contributed by atoms with Crippen molar-refractivity contribution < 1.29 is 9.59 Å². The van der Waals surface area contributed by atoms with Gasteiger partial charge in [-0.15, -0.1) is 5.10 Å². The lowest BCUT2D eigenvalue weighted by molar-refractivity contribution is -0.122. The molecule has 3 rings (SSSR count). The van der Waals surface area contributed by atoms with Crippen LogP contribution in [0.2, 0.25) is 0 Å². The van der Waals surface area contributed by atoms with Crippen LogP contribution in [0.15, 0.2) is 24.4 Å². The highest BCUT2D eigenvalue weighted by Gasteiger charge is 2.30. The summed E-state index contributed by atoms with van der Waals surface area (Å²) in [5, 5.41) is 17.1. The molecule has 0 spiro atoms. The molecular formula is C19H27N7O2. The Morgan fingerprint density at radius 3 is 2.82 bits per heavy atom.